The number of rotatable bonds is 3. The van der Waals surface area contributed by atoms with Crippen LogP contribution < -0.4 is 16.2 Å². The molecule has 116 valence electrons. The number of anilines is 1. The van der Waals surface area contributed by atoms with Crippen molar-refractivity contribution in [2.45, 2.75) is 0 Å². The molecule has 0 unspecified atom stereocenters. The molecule has 0 fully saturated rings. The van der Waals surface area contributed by atoms with Crippen molar-refractivity contribution < 1.29 is 9.21 Å². The van der Waals surface area contributed by atoms with Crippen LogP contribution in [0.4, 0.5) is 5.69 Å². The Balaban J connectivity index is 2.08. The van der Waals surface area contributed by atoms with E-state index >= 15 is 0 Å². The minimum absolute atomic E-state index is 0.0839. The Hall–Kier alpha value is -3.08. The van der Waals surface area contributed by atoms with Crippen LogP contribution in [-0.4, -0.2) is 20.0 Å². The van der Waals surface area contributed by atoms with Gasteiger partial charge in [-0.15, -0.1) is 0 Å². The molecule has 0 spiro atoms. The van der Waals surface area contributed by atoms with Gasteiger partial charge in [0, 0.05) is 25.2 Å². The van der Waals surface area contributed by atoms with Crippen LogP contribution in [0, 0.1) is 5.41 Å². The molecular formula is C18H17N3O2. The Morgan fingerprint density at radius 2 is 1.70 bits per heavy atom. The molecule has 1 aromatic heterocycles. The summed E-state index contributed by atoms with van der Waals surface area (Å²) in [5.74, 6) is -0.663. The van der Waals surface area contributed by atoms with Crippen molar-refractivity contribution in [1.29, 1.82) is 5.41 Å². The van der Waals surface area contributed by atoms with Gasteiger partial charge in [0.15, 0.2) is 0 Å². The molecule has 0 aliphatic carbocycles. The first kappa shape index (κ1) is 14.8. The normalized spacial score (nSPS) is 10.7. The molecule has 0 aliphatic heterocycles. The van der Waals surface area contributed by atoms with Gasteiger partial charge in [-0.2, -0.15) is 0 Å². The number of hydrogen-bond acceptors (Lipinski definition) is 4. The van der Waals surface area contributed by atoms with Crippen molar-refractivity contribution in [3.63, 3.8) is 0 Å². The molecule has 0 aliphatic rings. The van der Waals surface area contributed by atoms with E-state index in [4.69, 9.17) is 15.6 Å². The highest BCUT2D eigenvalue weighted by molar-refractivity contribution is 5.95. The standard InChI is InChI=1S/C18H17N3O2/c1-21(2)14-7-5-11(6-8-14)12-3-4-13-9-15(17(19)22)18(20)23-16(13)10-12/h3-10,20H,1-2H3,(H2,19,22). The van der Waals surface area contributed by atoms with E-state index in [1.54, 1.807) is 6.07 Å². The van der Waals surface area contributed by atoms with Gasteiger partial charge < -0.3 is 15.1 Å². The number of benzene rings is 2. The minimum Gasteiger partial charge on any atom is -0.438 e. The second-order valence-electron chi connectivity index (χ2n) is 5.55. The number of fused-ring (bicyclic) bond motifs is 1. The maximum absolute atomic E-state index is 11.3. The molecule has 1 amide bonds. The topological polar surface area (TPSA) is 83.3 Å². The molecule has 5 heteroatoms. The molecule has 23 heavy (non-hydrogen) atoms. The zero-order valence-corrected chi connectivity index (χ0v) is 13.0. The number of primary amides is 1. The molecule has 0 saturated heterocycles. The molecule has 0 radical (unpaired) electrons. The van der Waals surface area contributed by atoms with Gasteiger partial charge in [-0.25, -0.2) is 0 Å². The smallest absolute Gasteiger partial charge is 0.254 e. The molecule has 0 bridgehead atoms. The van der Waals surface area contributed by atoms with Crippen molar-refractivity contribution in [1.82, 2.24) is 0 Å². The quantitative estimate of drug-likeness (QED) is 0.780. The van der Waals surface area contributed by atoms with E-state index in [0.29, 0.717) is 5.58 Å². The predicted octanol–water partition coefficient (Wildman–Crippen LogP) is 2.74. The van der Waals surface area contributed by atoms with Crippen LogP contribution in [-0.2, 0) is 0 Å². The van der Waals surface area contributed by atoms with Gasteiger partial charge in [0.25, 0.3) is 5.91 Å². The van der Waals surface area contributed by atoms with Crippen LogP contribution in [0.5, 0.6) is 0 Å². The summed E-state index contributed by atoms with van der Waals surface area (Å²) in [6, 6.07) is 15.4. The summed E-state index contributed by atoms with van der Waals surface area (Å²) in [6.45, 7) is 0. The highest BCUT2D eigenvalue weighted by Gasteiger charge is 2.09. The zero-order chi connectivity index (χ0) is 16.6. The van der Waals surface area contributed by atoms with Gasteiger partial charge >= 0.3 is 0 Å². The Labute approximate surface area is 133 Å². The Morgan fingerprint density at radius 3 is 2.30 bits per heavy atom. The number of nitrogens with two attached hydrogens (primary N) is 1. The summed E-state index contributed by atoms with van der Waals surface area (Å²) in [5, 5.41) is 8.50. The number of amides is 1. The Kier molecular flexibility index (Phi) is 3.62. The lowest BCUT2D eigenvalue weighted by Gasteiger charge is -2.12. The van der Waals surface area contributed by atoms with Crippen molar-refractivity contribution in [2.75, 3.05) is 19.0 Å². The zero-order valence-electron chi connectivity index (χ0n) is 13.0. The van der Waals surface area contributed by atoms with E-state index in [1.807, 2.05) is 61.5 Å². The van der Waals surface area contributed by atoms with Crippen LogP contribution in [0.3, 0.4) is 0 Å². The van der Waals surface area contributed by atoms with Crippen LogP contribution in [0.2, 0.25) is 0 Å². The summed E-state index contributed by atoms with van der Waals surface area (Å²) in [7, 11) is 3.99. The minimum atomic E-state index is -0.663. The van der Waals surface area contributed by atoms with Gasteiger partial charge in [0.2, 0.25) is 5.55 Å². The van der Waals surface area contributed by atoms with E-state index in [-0.39, 0.29) is 11.1 Å². The predicted molar refractivity (Wildman–Crippen MR) is 90.3 cm³/mol. The van der Waals surface area contributed by atoms with Crippen molar-refractivity contribution in [2.24, 2.45) is 5.73 Å². The van der Waals surface area contributed by atoms with Gasteiger partial charge in [-0.1, -0.05) is 24.3 Å². The van der Waals surface area contributed by atoms with E-state index in [1.165, 1.54) is 0 Å². The van der Waals surface area contributed by atoms with Crippen molar-refractivity contribution in [3.05, 3.63) is 59.6 Å². The monoisotopic (exact) mass is 307 g/mol. The van der Waals surface area contributed by atoms with Crippen LogP contribution in [0.15, 0.2) is 52.9 Å². The van der Waals surface area contributed by atoms with E-state index in [9.17, 15) is 4.79 Å². The molecule has 2 aromatic carbocycles. The van der Waals surface area contributed by atoms with Crippen LogP contribution in [0.1, 0.15) is 10.4 Å². The second-order valence-corrected chi connectivity index (χ2v) is 5.55. The van der Waals surface area contributed by atoms with E-state index in [2.05, 4.69) is 0 Å². The maximum atomic E-state index is 11.3. The second kappa shape index (κ2) is 5.61. The summed E-state index contributed by atoms with van der Waals surface area (Å²) in [5.41, 5.74) is 8.82. The maximum Gasteiger partial charge on any atom is 0.254 e. The molecule has 0 saturated carbocycles. The first-order chi connectivity index (χ1) is 11.0. The lowest BCUT2D eigenvalue weighted by molar-refractivity contribution is 0.0996. The SMILES string of the molecule is CN(C)c1ccc(-c2ccc3cc(C(N)=O)c(=N)oc3c2)cc1. The largest absolute Gasteiger partial charge is 0.438 e. The number of carbonyl (C=O) groups is 1. The van der Waals surface area contributed by atoms with E-state index in [0.717, 1.165) is 22.2 Å². The summed E-state index contributed by atoms with van der Waals surface area (Å²) in [6.07, 6.45) is 0. The van der Waals surface area contributed by atoms with Crippen molar-refractivity contribution in [3.8, 4) is 11.1 Å². The molecule has 5 nitrogen and oxygen atoms in total. The number of nitrogens with one attached hydrogen (secondary N) is 1. The molecule has 0 atom stereocenters. The Morgan fingerprint density at radius 1 is 1.04 bits per heavy atom. The van der Waals surface area contributed by atoms with Gasteiger partial charge in [-0.3, -0.25) is 10.2 Å². The van der Waals surface area contributed by atoms with Crippen LogP contribution in [0.25, 0.3) is 22.1 Å². The number of hydrogen-bond donors (Lipinski definition) is 2. The number of carbonyl (C=O) groups excluding carboxylic acids is 1. The van der Waals surface area contributed by atoms with Gasteiger partial charge in [0.05, 0.1) is 0 Å². The van der Waals surface area contributed by atoms with Gasteiger partial charge in [-0.05, 0) is 35.4 Å². The first-order valence-corrected chi connectivity index (χ1v) is 7.16. The third kappa shape index (κ3) is 2.81. The molecule has 1 heterocycles. The van der Waals surface area contributed by atoms with Gasteiger partial charge in [0.1, 0.15) is 11.1 Å². The highest BCUT2D eigenvalue weighted by Crippen LogP contribution is 2.26. The fraction of sp³-hybridized carbons (Fsp3) is 0.111. The molecule has 3 rings (SSSR count). The fourth-order valence-electron chi connectivity index (χ4n) is 2.44. The van der Waals surface area contributed by atoms with Crippen molar-refractivity contribution >= 4 is 22.6 Å². The Bertz CT molecular complexity index is 941. The summed E-state index contributed by atoms with van der Waals surface area (Å²) >= 11 is 0. The average molecular weight is 307 g/mol. The van der Waals surface area contributed by atoms with E-state index < -0.39 is 5.91 Å². The fourth-order valence-corrected chi connectivity index (χ4v) is 2.44. The third-order valence-electron chi connectivity index (χ3n) is 3.75. The lowest BCUT2D eigenvalue weighted by Crippen LogP contribution is -2.20. The summed E-state index contributed by atoms with van der Waals surface area (Å²) in [4.78, 5) is 13.3. The van der Waals surface area contributed by atoms with Crippen LogP contribution >= 0.6 is 0 Å². The first-order valence-electron chi connectivity index (χ1n) is 7.16. The number of nitrogens with zero attached hydrogens (tertiary/aromatic N) is 1. The molecule has 3 aromatic rings. The highest BCUT2D eigenvalue weighted by atomic mass is 16.3. The lowest BCUT2D eigenvalue weighted by atomic mass is 10.0. The average Bonchev–Trinajstić information content (AvgIpc) is 2.53. The summed E-state index contributed by atoms with van der Waals surface area (Å²) < 4.78 is 5.44. The molecular weight excluding hydrogens is 290 g/mol. The third-order valence-corrected chi connectivity index (χ3v) is 3.75. The molecule has 3 N–H and O–H groups in total.